The van der Waals surface area contributed by atoms with Gasteiger partial charge in [0, 0.05) is 6.04 Å². The van der Waals surface area contributed by atoms with E-state index in [1.54, 1.807) is 0 Å². The Hall–Kier alpha value is -0.0800. The van der Waals surface area contributed by atoms with Crippen LogP contribution in [0.1, 0.15) is 51.9 Å². The third kappa shape index (κ3) is 4.42. The summed E-state index contributed by atoms with van der Waals surface area (Å²) in [6.07, 6.45) is 9.85. The minimum absolute atomic E-state index is 0.822. The van der Waals surface area contributed by atoms with E-state index in [0.29, 0.717) is 0 Å². The Morgan fingerprint density at radius 1 is 1.06 bits per heavy atom. The summed E-state index contributed by atoms with van der Waals surface area (Å²) in [5.41, 5.74) is 0. The first-order valence-electron chi connectivity index (χ1n) is 7.34. The normalized spacial score (nSPS) is 23.8. The molecule has 0 aromatic rings. The molecule has 1 saturated carbocycles. The zero-order chi connectivity index (χ0) is 11.2. The highest BCUT2D eigenvalue weighted by molar-refractivity contribution is 4.81. The molecule has 94 valence electrons. The summed E-state index contributed by atoms with van der Waals surface area (Å²) in [4.78, 5) is 2.66. The molecule has 0 spiro atoms. The van der Waals surface area contributed by atoms with Crippen molar-refractivity contribution in [2.24, 2.45) is 5.92 Å². The van der Waals surface area contributed by atoms with Crippen LogP contribution < -0.4 is 5.32 Å². The predicted octanol–water partition coefficient (Wildman–Crippen LogP) is 2.64. The maximum absolute atomic E-state index is 3.74. The number of nitrogens with zero attached hydrogens (tertiary/aromatic N) is 1. The fourth-order valence-electron chi connectivity index (χ4n) is 2.60. The first kappa shape index (κ1) is 12.4. The molecule has 1 aliphatic carbocycles. The van der Waals surface area contributed by atoms with Crippen LogP contribution in [-0.2, 0) is 0 Å². The zero-order valence-corrected chi connectivity index (χ0v) is 10.9. The maximum atomic E-state index is 3.74. The van der Waals surface area contributed by atoms with E-state index in [0.717, 1.165) is 12.0 Å². The predicted molar refractivity (Wildman–Crippen MR) is 69.7 cm³/mol. The third-order valence-electron chi connectivity index (χ3n) is 4.06. The van der Waals surface area contributed by atoms with Crippen molar-refractivity contribution < 1.29 is 0 Å². The molecule has 0 atom stereocenters. The summed E-state index contributed by atoms with van der Waals surface area (Å²) in [6.45, 7) is 7.57. The Balaban J connectivity index is 1.51. The van der Waals surface area contributed by atoms with Crippen LogP contribution in [0.25, 0.3) is 0 Å². The highest BCUT2D eigenvalue weighted by atomic mass is 15.1. The highest BCUT2D eigenvalue weighted by Gasteiger charge is 2.24. The lowest BCUT2D eigenvalue weighted by Gasteiger charge is -2.32. The average Bonchev–Trinajstić information content (AvgIpc) is 3.12. The van der Waals surface area contributed by atoms with E-state index in [-0.39, 0.29) is 0 Å². The number of likely N-dealkylation sites (tertiary alicyclic amines) is 1. The molecule has 0 aromatic carbocycles. The van der Waals surface area contributed by atoms with E-state index in [1.807, 2.05) is 0 Å². The van der Waals surface area contributed by atoms with E-state index >= 15 is 0 Å². The number of hydrogen-bond acceptors (Lipinski definition) is 2. The Labute approximate surface area is 101 Å². The van der Waals surface area contributed by atoms with Gasteiger partial charge in [0.25, 0.3) is 0 Å². The SMILES string of the molecule is CCCCCN1CCC(NCC2CC2)CC1. The van der Waals surface area contributed by atoms with Crippen LogP contribution in [-0.4, -0.2) is 37.1 Å². The summed E-state index contributed by atoms with van der Waals surface area (Å²) in [5.74, 6) is 1.03. The van der Waals surface area contributed by atoms with Crippen molar-refractivity contribution in [1.29, 1.82) is 0 Å². The summed E-state index contributed by atoms with van der Waals surface area (Å²) < 4.78 is 0. The van der Waals surface area contributed by atoms with Gasteiger partial charge in [0.05, 0.1) is 0 Å². The molecule has 2 heteroatoms. The fraction of sp³-hybridized carbons (Fsp3) is 1.00. The van der Waals surface area contributed by atoms with Crippen LogP contribution in [0, 0.1) is 5.92 Å². The second-order valence-electron chi connectivity index (χ2n) is 5.67. The number of piperidine rings is 1. The van der Waals surface area contributed by atoms with Gasteiger partial charge in [-0.15, -0.1) is 0 Å². The standard InChI is InChI=1S/C14H28N2/c1-2-3-4-9-16-10-7-14(8-11-16)15-12-13-5-6-13/h13-15H,2-12H2,1H3. The molecule has 0 radical (unpaired) electrons. The highest BCUT2D eigenvalue weighted by Crippen LogP contribution is 2.28. The van der Waals surface area contributed by atoms with Gasteiger partial charge in [0.15, 0.2) is 0 Å². The lowest BCUT2D eigenvalue weighted by molar-refractivity contribution is 0.194. The average molecular weight is 224 g/mol. The lowest BCUT2D eigenvalue weighted by atomic mass is 10.0. The van der Waals surface area contributed by atoms with Crippen molar-refractivity contribution in [2.45, 2.75) is 57.9 Å². The van der Waals surface area contributed by atoms with E-state index in [2.05, 4.69) is 17.1 Å². The van der Waals surface area contributed by atoms with Gasteiger partial charge in [-0.05, 0) is 64.2 Å². The van der Waals surface area contributed by atoms with Crippen LogP contribution in [0.3, 0.4) is 0 Å². The van der Waals surface area contributed by atoms with Crippen LogP contribution in [0.5, 0.6) is 0 Å². The van der Waals surface area contributed by atoms with E-state index in [4.69, 9.17) is 0 Å². The van der Waals surface area contributed by atoms with Crippen molar-refractivity contribution in [1.82, 2.24) is 10.2 Å². The molecule has 2 rings (SSSR count). The second-order valence-corrected chi connectivity index (χ2v) is 5.67. The lowest BCUT2D eigenvalue weighted by Crippen LogP contribution is -2.43. The zero-order valence-electron chi connectivity index (χ0n) is 10.9. The Morgan fingerprint density at radius 2 is 1.81 bits per heavy atom. The number of hydrogen-bond donors (Lipinski definition) is 1. The molecular weight excluding hydrogens is 196 g/mol. The van der Waals surface area contributed by atoms with Gasteiger partial charge in [-0.1, -0.05) is 19.8 Å². The summed E-state index contributed by atoms with van der Waals surface area (Å²) >= 11 is 0. The van der Waals surface area contributed by atoms with Gasteiger partial charge in [-0.3, -0.25) is 0 Å². The van der Waals surface area contributed by atoms with Crippen LogP contribution >= 0.6 is 0 Å². The van der Waals surface area contributed by atoms with Gasteiger partial charge in [-0.25, -0.2) is 0 Å². The van der Waals surface area contributed by atoms with Crippen molar-refractivity contribution in [3.05, 3.63) is 0 Å². The molecular formula is C14H28N2. The molecule has 1 saturated heterocycles. The second kappa shape index (κ2) is 6.61. The first-order valence-corrected chi connectivity index (χ1v) is 7.34. The summed E-state index contributed by atoms with van der Waals surface area (Å²) in [7, 11) is 0. The summed E-state index contributed by atoms with van der Waals surface area (Å²) in [6, 6.07) is 0.822. The monoisotopic (exact) mass is 224 g/mol. The largest absolute Gasteiger partial charge is 0.314 e. The first-order chi connectivity index (χ1) is 7.88. The summed E-state index contributed by atoms with van der Waals surface area (Å²) in [5, 5.41) is 3.74. The Kier molecular flexibility index (Phi) is 5.11. The molecule has 0 unspecified atom stereocenters. The number of nitrogens with one attached hydrogen (secondary N) is 1. The minimum Gasteiger partial charge on any atom is -0.314 e. The van der Waals surface area contributed by atoms with Gasteiger partial charge in [-0.2, -0.15) is 0 Å². The van der Waals surface area contributed by atoms with E-state index in [1.165, 1.54) is 71.1 Å². The Morgan fingerprint density at radius 3 is 2.44 bits per heavy atom. The topological polar surface area (TPSA) is 15.3 Å². The number of rotatable bonds is 7. The van der Waals surface area contributed by atoms with Crippen molar-refractivity contribution in [3.8, 4) is 0 Å². The van der Waals surface area contributed by atoms with Gasteiger partial charge < -0.3 is 10.2 Å². The van der Waals surface area contributed by atoms with E-state index < -0.39 is 0 Å². The quantitative estimate of drug-likeness (QED) is 0.669. The van der Waals surface area contributed by atoms with Crippen molar-refractivity contribution in [3.63, 3.8) is 0 Å². The van der Waals surface area contributed by atoms with Crippen LogP contribution in [0.2, 0.25) is 0 Å². The third-order valence-corrected chi connectivity index (χ3v) is 4.06. The molecule has 0 bridgehead atoms. The van der Waals surface area contributed by atoms with Gasteiger partial charge in [0.2, 0.25) is 0 Å². The fourth-order valence-corrected chi connectivity index (χ4v) is 2.60. The van der Waals surface area contributed by atoms with Crippen molar-refractivity contribution >= 4 is 0 Å². The number of unbranched alkanes of at least 4 members (excludes halogenated alkanes) is 2. The molecule has 0 amide bonds. The molecule has 16 heavy (non-hydrogen) atoms. The molecule has 1 aliphatic heterocycles. The molecule has 2 aliphatic rings. The minimum atomic E-state index is 0.822. The van der Waals surface area contributed by atoms with Gasteiger partial charge >= 0.3 is 0 Å². The van der Waals surface area contributed by atoms with Gasteiger partial charge in [0.1, 0.15) is 0 Å². The Bertz CT molecular complexity index is 181. The molecule has 1 heterocycles. The van der Waals surface area contributed by atoms with Crippen molar-refractivity contribution in [2.75, 3.05) is 26.2 Å². The molecule has 2 fully saturated rings. The smallest absolute Gasteiger partial charge is 0.00915 e. The van der Waals surface area contributed by atoms with Crippen LogP contribution in [0.15, 0.2) is 0 Å². The maximum Gasteiger partial charge on any atom is 0.00915 e. The molecule has 0 aromatic heterocycles. The van der Waals surface area contributed by atoms with E-state index in [9.17, 15) is 0 Å². The molecule has 2 nitrogen and oxygen atoms in total. The van der Waals surface area contributed by atoms with Crippen LogP contribution in [0.4, 0.5) is 0 Å². The molecule has 1 N–H and O–H groups in total.